The highest BCUT2D eigenvalue weighted by Gasteiger charge is 2.47. The minimum absolute atomic E-state index is 0.0934. The van der Waals surface area contributed by atoms with E-state index in [0.29, 0.717) is 16.7 Å². The molecule has 0 bridgehead atoms. The van der Waals surface area contributed by atoms with Gasteiger partial charge < -0.3 is 20.7 Å². The summed E-state index contributed by atoms with van der Waals surface area (Å²) < 4.78 is 5.85. The second-order valence-corrected chi connectivity index (χ2v) is 11.0. The highest BCUT2D eigenvalue weighted by molar-refractivity contribution is 7.99. The van der Waals surface area contributed by atoms with Crippen molar-refractivity contribution >= 4 is 46.2 Å². The van der Waals surface area contributed by atoms with Crippen LogP contribution in [0.5, 0.6) is 0 Å². The number of fused-ring (bicyclic) bond motifs is 1. The Balaban J connectivity index is 1.16. The lowest BCUT2D eigenvalue weighted by Gasteiger charge is -2.41. The number of hydrogen-bond donors (Lipinski definition) is 2. The summed E-state index contributed by atoms with van der Waals surface area (Å²) in [4.78, 5) is 21.8. The largest absolute Gasteiger partial charge is 0.376 e. The molecule has 3 aliphatic rings. The van der Waals surface area contributed by atoms with Gasteiger partial charge >= 0.3 is 0 Å². The monoisotopic (exact) mass is 497 g/mol. The van der Waals surface area contributed by atoms with E-state index in [0.717, 1.165) is 59.6 Å². The topological polar surface area (TPSA) is 102 Å². The summed E-state index contributed by atoms with van der Waals surface area (Å²) >= 11 is 8.10. The Morgan fingerprint density at radius 1 is 1.18 bits per heavy atom. The van der Waals surface area contributed by atoms with Crippen LogP contribution in [0.4, 0.5) is 11.6 Å². The normalized spacial score (nSPS) is 24.1. The molecule has 2 aliphatic heterocycles. The van der Waals surface area contributed by atoms with Crippen molar-refractivity contribution in [2.45, 2.75) is 60.7 Å². The number of halogens is 1. The first kappa shape index (κ1) is 22.3. The Kier molecular flexibility index (Phi) is 5.76. The summed E-state index contributed by atoms with van der Waals surface area (Å²) in [5, 5.41) is 4.84. The first-order valence-electron chi connectivity index (χ1n) is 11.9. The molecule has 2 saturated heterocycles. The summed E-state index contributed by atoms with van der Waals surface area (Å²) in [5.41, 5.74) is 7.97. The molecule has 34 heavy (non-hydrogen) atoms. The summed E-state index contributed by atoms with van der Waals surface area (Å²) in [7, 11) is 0. The maximum atomic E-state index is 6.59. The second kappa shape index (κ2) is 8.78. The number of nitrogens with zero attached hydrogens (tertiary/aromatic N) is 5. The van der Waals surface area contributed by atoms with Crippen LogP contribution in [0.3, 0.4) is 0 Å². The van der Waals surface area contributed by atoms with E-state index in [1.807, 2.05) is 24.4 Å². The van der Waals surface area contributed by atoms with Gasteiger partial charge in [0.25, 0.3) is 0 Å². The van der Waals surface area contributed by atoms with Gasteiger partial charge in [-0.2, -0.15) is 0 Å². The summed E-state index contributed by atoms with van der Waals surface area (Å²) in [6.07, 6.45) is 8.09. The number of anilines is 2. The molecule has 6 rings (SSSR count). The number of ether oxygens (including phenoxy) is 1. The Morgan fingerprint density at radius 2 is 2.00 bits per heavy atom. The molecular weight excluding hydrogens is 470 g/mol. The fraction of sp³-hybridized carbons (Fsp3) is 0.500. The van der Waals surface area contributed by atoms with Crippen molar-refractivity contribution in [3.63, 3.8) is 0 Å². The van der Waals surface area contributed by atoms with Gasteiger partial charge in [-0.15, -0.1) is 0 Å². The molecule has 0 amide bonds. The van der Waals surface area contributed by atoms with Crippen molar-refractivity contribution < 1.29 is 4.74 Å². The summed E-state index contributed by atoms with van der Waals surface area (Å²) in [5.74, 6) is 1.63. The molecule has 2 atom stereocenters. The van der Waals surface area contributed by atoms with Crippen molar-refractivity contribution in [2.24, 2.45) is 11.1 Å². The molecule has 8 nitrogen and oxygen atoms in total. The maximum absolute atomic E-state index is 6.59. The van der Waals surface area contributed by atoms with Gasteiger partial charge in [-0.25, -0.2) is 19.9 Å². The van der Waals surface area contributed by atoms with E-state index >= 15 is 0 Å². The summed E-state index contributed by atoms with van der Waals surface area (Å²) in [6.45, 7) is 4.65. The molecule has 3 N–H and O–H groups in total. The Hall–Kier alpha value is -2.20. The van der Waals surface area contributed by atoms with E-state index in [2.05, 4.69) is 27.1 Å². The van der Waals surface area contributed by atoms with Crippen LogP contribution in [0, 0.1) is 5.41 Å². The molecule has 10 heteroatoms. The average Bonchev–Trinajstić information content (AvgIpc) is 3.64. The van der Waals surface area contributed by atoms with Crippen LogP contribution in [0.2, 0.25) is 5.02 Å². The van der Waals surface area contributed by atoms with Crippen LogP contribution in [0.15, 0.2) is 40.5 Å². The van der Waals surface area contributed by atoms with E-state index in [1.54, 1.807) is 6.20 Å². The highest BCUT2D eigenvalue weighted by atomic mass is 35.5. The molecule has 1 spiro atoms. The second-order valence-electron chi connectivity index (χ2n) is 9.60. The third-order valence-electron chi connectivity index (χ3n) is 7.28. The number of pyridine rings is 2. The Labute approximate surface area is 208 Å². The zero-order chi connectivity index (χ0) is 23.3. The van der Waals surface area contributed by atoms with Gasteiger partial charge in [-0.1, -0.05) is 23.4 Å². The van der Waals surface area contributed by atoms with E-state index in [4.69, 9.17) is 32.0 Å². The molecule has 3 aromatic rings. The number of aromatic nitrogens is 4. The van der Waals surface area contributed by atoms with Gasteiger partial charge in [-0.05, 0) is 50.8 Å². The van der Waals surface area contributed by atoms with Crippen molar-refractivity contribution in [3.8, 4) is 0 Å². The molecule has 3 aromatic heterocycles. The molecule has 1 aliphatic carbocycles. The van der Waals surface area contributed by atoms with Crippen molar-refractivity contribution in [3.05, 3.63) is 35.6 Å². The average molecular weight is 498 g/mol. The lowest BCUT2D eigenvalue weighted by Crippen LogP contribution is -2.50. The Morgan fingerprint density at radius 3 is 2.74 bits per heavy atom. The minimum atomic E-state index is 0.0934. The van der Waals surface area contributed by atoms with Crippen molar-refractivity contribution in [1.29, 1.82) is 0 Å². The zero-order valence-corrected chi connectivity index (χ0v) is 20.6. The van der Waals surface area contributed by atoms with Gasteiger partial charge in [0.05, 0.1) is 23.9 Å². The number of nitrogens with two attached hydrogens (primary N) is 1. The predicted molar refractivity (Wildman–Crippen MR) is 135 cm³/mol. The van der Waals surface area contributed by atoms with Crippen LogP contribution in [-0.2, 0) is 4.74 Å². The van der Waals surface area contributed by atoms with Crippen molar-refractivity contribution in [1.82, 2.24) is 19.9 Å². The molecule has 1 saturated carbocycles. The molecule has 0 radical (unpaired) electrons. The fourth-order valence-electron chi connectivity index (χ4n) is 4.88. The van der Waals surface area contributed by atoms with Crippen LogP contribution < -0.4 is 16.0 Å². The lowest BCUT2D eigenvalue weighted by atomic mass is 9.73. The molecule has 3 fully saturated rings. The van der Waals surface area contributed by atoms with Gasteiger partial charge in [0.2, 0.25) is 0 Å². The van der Waals surface area contributed by atoms with E-state index in [9.17, 15) is 0 Å². The lowest BCUT2D eigenvalue weighted by molar-refractivity contribution is 0.0974. The zero-order valence-electron chi connectivity index (χ0n) is 19.1. The first-order valence-corrected chi connectivity index (χ1v) is 13.1. The van der Waals surface area contributed by atoms with E-state index < -0.39 is 0 Å². The fourth-order valence-corrected chi connectivity index (χ4v) is 5.97. The number of piperidine rings is 1. The maximum Gasteiger partial charge on any atom is 0.179 e. The molecule has 0 unspecified atom stereocenters. The van der Waals surface area contributed by atoms with Crippen LogP contribution in [-0.4, -0.2) is 57.8 Å². The smallest absolute Gasteiger partial charge is 0.179 e. The predicted octanol–water partition coefficient (Wildman–Crippen LogP) is 4.13. The third kappa shape index (κ3) is 4.19. The van der Waals surface area contributed by atoms with Crippen molar-refractivity contribution in [2.75, 3.05) is 29.9 Å². The van der Waals surface area contributed by atoms with Crippen LogP contribution in [0.1, 0.15) is 32.6 Å². The minimum Gasteiger partial charge on any atom is -0.376 e. The van der Waals surface area contributed by atoms with Gasteiger partial charge in [0.15, 0.2) is 5.65 Å². The molecule has 0 aromatic carbocycles. The molecule has 5 heterocycles. The first-order chi connectivity index (χ1) is 16.5. The van der Waals surface area contributed by atoms with Crippen LogP contribution in [0.25, 0.3) is 11.2 Å². The SMILES string of the molecule is C[C@@H]1OCC2(CCN(c3cnc4nc(Sc5ccnc(NC6CC6)c5Cl)ccc4n3)CC2)[C@@H]1N. The highest BCUT2D eigenvalue weighted by Crippen LogP contribution is 2.42. The van der Waals surface area contributed by atoms with Crippen LogP contribution >= 0.6 is 23.4 Å². The van der Waals surface area contributed by atoms with Gasteiger partial charge in [0.1, 0.15) is 22.2 Å². The molecule has 178 valence electrons. The third-order valence-corrected chi connectivity index (χ3v) is 8.77. The number of nitrogens with one attached hydrogen (secondary N) is 1. The molecular formula is C24H28ClN7OS. The number of hydrogen-bond acceptors (Lipinski definition) is 9. The van der Waals surface area contributed by atoms with Gasteiger partial charge in [0, 0.05) is 41.7 Å². The Bertz CT molecular complexity index is 1220. The van der Waals surface area contributed by atoms with Gasteiger partial charge in [-0.3, -0.25) is 0 Å². The summed E-state index contributed by atoms with van der Waals surface area (Å²) in [6, 6.07) is 6.46. The van der Waals surface area contributed by atoms with E-state index in [-0.39, 0.29) is 17.6 Å². The van der Waals surface area contributed by atoms with E-state index in [1.165, 1.54) is 24.6 Å². The standard InChI is InChI=1S/C24H28ClN7OS/c1-14-21(26)24(13-33-14)7-10-32(11-8-24)18-12-28-22-16(30-18)4-5-19(31-22)34-17-6-9-27-23(20(17)25)29-15-2-3-15/h4-6,9,12,14-15,21H,2-3,7-8,10-11,13,26H2,1H3,(H,27,29)/t14-,21+/m0/s1. The quantitative estimate of drug-likeness (QED) is 0.538. The number of rotatable bonds is 5.